The number of carbonyl (C=O) groups excluding carboxylic acids is 1. The Morgan fingerprint density at radius 3 is 2.74 bits per heavy atom. The SMILES string of the molecule is C=CCNC(=O)C(C)Oc1ccc([C@@H](C)O)cc1C. The number of amides is 1. The third-order valence-electron chi connectivity index (χ3n) is 2.77. The lowest BCUT2D eigenvalue weighted by Gasteiger charge is -2.17. The van der Waals surface area contributed by atoms with E-state index >= 15 is 0 Å². The molecule has 1 aromatic rings. The predicted octanol–water partition coefficient (Wildman–Crippen LogP) is 2.12. The second kappa shape index (κ2) is 6.95. The maximum Gasteiger partial charge on any atom is 0.261 e. The van der Waals surface area contributed by atoms with Crippen molar-refractivity contribution in [2.24, 2.45) is 0 Å². The molecule has 0 aliphatic heterocycles. The fourth-order valence-electron chi connectivity index (χ4n) is 1.63. The smallest absolute Gasteiger partial charge is 0.261 e. The predicted molar refractivity (Wildman–Crippen MR) is 75.1 cm³/mol. The summed E-state index contributed by atoms with van der Waals surface area (Å²) in [7, 11) is 0. The molecule has 2 N–H and O–H groups in total. The van der Waals surface area contributed by atoms with Crippen molar-refractivity contribution in [1.29, 1.82) is 0 Å². The van der Waals surface area contributed by atoms with Gasteiger partial charge in [0.2, 0.25) is 0 Å². The Balaban J connectivity index is 2.71. The zero-order valence-corrected chi connectivity index (χ0v) is 11.6. The molecule has 4 heteroatoms. The first-order valence-corrected chi connectivity index (χ1v) is 6.29. The Bertz CT molecular complexity index is 455. The molecule has 1 rings (SSSR count). The monoisotopic (exact) mass is 263 g/mol. The molecule has 0 bridgehead atoms. The number of nitrogens with one attached hydrogen (secondary N) is 1. The van der Waals surface area contributed by atoms with Crippen LogP contribution in [0.25, 0.3) is 0 Å². The highest BCUT2D eigenvalue weighted by atomic mass is 16.5. The molecule has 0 aliphatic carbocycles. The van der Waals surface area contributed by atoms with Crippen LogP contribution in [-0.2, 0) is 4.79 Å². The van der Waals surface area contributed by atoms with Gasteiger partial charge in [0.1, 0.15) is 5.75 Å². The van der Waals surface area contributed by atoms with E-state index in [0.717, 1.165) is 11.1 Å². The van der Waals surface area contributed by atoms with E-state index in [2.05, 4.69) is 11.9 Å². The standard InChI is InChI=1S/C15H21NO3/c1-5-8-16-15(18)12(4)19-14-7-6-13(11(3)17)9-10(14)2/h5-7,9,11-12,17H,1,8H2,2-4H3,(H,16,18)/t11-,12?/m1/s1. The number of aryl methyl sites for hydroxylation is 1. The number of hydrogen-bond donors (Lipinski definition) is 2. The topological polar surface area (TPSA) is 58.6 Å². The summed E-state index contributed by atoms with van der Waals surface area (Å²) in [5, 5.41) is 12.2. The number of aliphatic hydroxyl groups excluding tert-OH is 1. The third kappa shape index (κ3) is 4.41. The first-order chi connectivity index (χ1) is 8.95. The van der Waals surface area contributed by atoms with Gasteiger partial charge in [-0.2, -0.15) is 0 Å². The zero-order chi connectivity index (χ0) is 14.4. The van der Waals surface area contributed by atoms with Gasteiger partial charge in [0.25, 0.3) is 5.91 Å². The van der Waals surface area contributed by atoms with Gasteiger partial charge in [0.15, 0.2) is 6.10 Å². The van der Waals surface area contributed by atoms with E-state index < -0.39 is 12.2 Å². The number of hydrogen-bond acceptors (Lipinski definition) is 3. The van der Waals surface area contributed by atoms with Crippen molar-refractivity contribution < 1.29 is 14.6 Å². The quantitative estimate of drug-likeness (QED) is 0.773. The fraction of sp³-hybridized carbons (Fsp3) is 0.400. The normalized spacial score (nSPS) is 13.5. The van der Waals surface area contributed by atoms with Crippen LogP contribution in [0.4, 0.5) is 0 Å². The fourth-order valence-corrected chi connectivity index (χ4v) is 1.63. The Labute approximate surface area is 114 Å². The summed E-state index contributed by atoms with van der Waals surface area (Å²) in [6.07, 6.45) is 0.532. The van der Waals surface area contributed by atoms with Crippen molar-refractivity contribution >= 4 is 5.91 Å². The van der Waals surface area contributed by atoms with Crippen molar-refractivity contribution in [3.63, 3.8) is 0 Å². The number of rotatable bonds is 6. The summed E-state index contributed by atoms with van der Waals surface area (Å²) in [6.45, 7) is 9.25. The second-order valence-corrected chi connectivity index (χ2v) is 4.49. The van der Waals surface area contributed by atoms with Gasteiger partial charge >= 0.3 is 0 Å². The molecule has 1 amide bonds. The molecule has 0 saturated heterocycles. The lowest BCUT2D eigenvalue weighted by molar-refractivity contribution is -0.127. The molecular weight excluding hydrogens is 242 g/mol. The summed E-state index contributed by atoms with van der Waals surface area (Å²) >= 11 is 0. The van der Waals surface area contributed by atoms with Gasteiger partial charge in [0, 0.05) is 6.54 Å². The molecule has 19 heavy (non-hydrogen) atoms. The molecule has 1 aromatic carbocycles. The highest BCUT2D eigenvalue weighted by Crippen LogP contribution is 2.23. The molecule has 0 fully saturated rings. The van der Waals surface area contributed by atoms with Gasteiger partial charge in [-0.15, -0.1) is 6.58 Å². The highest BCUT2D eigenvalue weighted by molar-refractivity contribution is 5.80. The molecule has 0 radical (unpaired) electrons. The molecule has 0 spiro atoms. The van der Waals surface area contributed by atoms with Crippen LogP contribution in [0.15, 0.2) is 30.9 Å². The summed E-state index contributed by atoms with van der Waals surface area (Å²) in [4.78, 5) is 11.7. The Morgan fingerprint density at radius 2 is 2.21 bits per heavy atom. The van der Waals surface area contributed by atoms with E-state index in [1.165, 1.54) is 0 Å². The zero-order valence-electron chi connectivity index (χ0n) is 11.6. The van der Waals surface area contributed by atoms with Crippen molar-refractivity contribution in [1.82, 2.24) is 5.32 Å². The van der Waals surface area contributed by atoms with E-state index in [-0.39, 0.29) is 5.91 Å². The lowest BCUT2D eigenvalue weighted by Crippen LogP contribution is -2.36. The summed E-state index contributed by atoms with van der Waals surface area (Å²) in [5.41, 5.74) is 1.72. The van der Waals surface area contributed by atoms with E-state index in [4.69, 9.17) is 4.74 Å². The van der Waals surface area contributed by atoms with E-state index in [1.807, 2.05) is 13.0 Å². The Morgan fingerprint density at radius 1 is 1.53 bits per heavy atom. The number of ether oxygens (including phenoxy) is 1. The molecule has 0 heterocycles. The molecule has 2 atom stereocenters. The van der Waals surface area contributed by atoms with E-state index in [9.17, 15) is 9.90 Å². The maximum absolute atomic E-state index is 11.7. The molecule has 104 valence electrons. The number of aliphatic hydroxyl groups is 1. The first kappa shape index (κ1) is 15.2. The Hall–Kier alpha value is -1.81. The average molecular weight is 263 g/mol. The molecule has 1 unspecified atom stereocenters. The van der Waals surface area contributed by atoms with Crippen LogP contribution in [0.5, 0.6) is 5.75 Å². The van der Waals surface area contributed by atoms with E-state index in [1.54, 1.807) is 32.1 Å². The van der Waals surface area contributed by atoms with Crippen LogP contribution in [0, 0.1) is 6.92 Å². The molecule has 0 saturated carbocycles. The van der Waals surface area contributed by atoms with Gasteiger partial charge in [0.05, 0.1) is 6.10 Å². The van der Waals surface area contributed by atoms with Crippen LogP contribution in [0.2, 0.25) is 0 Å². The molecule has 0 aromatic heterocycles. The van der Waals surface area contributed by atoms with Gasteiger partial charge in [-0.1, -0.05) is 12.1 Å². The minimum absolute atomic E-state index is 0.182. The summed E-state index contributed by atoms with van der Waals surface area (Å²) in [5.74, 6) is 0.463. The van der Waals surface area contributed by atoms with Gasteiger partial charge in [-0.25, -0.2) is 0 Å². The second-order valence-electron chi connectivity index (χ2n) is 4.49. The molecular formula is C15H21NO3. The molecule has 0 aliphatic rings. The van der Waals surface area contributed by atoms with Crippen LogP contribution >= 0.6 is 0 Å². The maximum atomic E-state index is 11.7. The summed E-state index contributed by atoms with van der Waals surface area (Å²) < 4.78 is 5.61. The largest absolute Gasteiger partial charge is 0.481 e. The lowest BCUT2D eigenvalue weighted by atomic mass is 10.1. The minimum Gasteiger partial charge on any atom is -0.481 e. The van der Waals surface area contributed by atoms with Crippen molar-refractivity contribution in [3.05, 3.63) is 42.0 Å². The molecule has 4 nitrogen and oxygen atoms in total. The Kier molecular flexibility index (Phi) is 5.57. The average Bonchev–Trinajstić information content (AvgIpc) is 2.37. The van der Waals surface area contributed by atoms with Crippen LogP contribution < -0.4 is 10.1 Å². The number of benzene rings is 1. The number of carbonyl (C=O) groups is 1. The first-order valence-electron chi connectivity index (χ1n) is 6.29. The van der Waals surface area contributed by atoms with E-state index in [0.29, 0.717) is 12.3 Å². The van der Waals surface area contributed by atoms with Crippen LogP contribution in [0.1, 0.15) is 31.1 Å². The third-order valence-corrected chi connectivity index (χ3v) is 2.77. The van der Waals surface area contributed by atoms with Crippen LogP contribution in [0.3, 0.4) is 0 Å². The van der Waals surface area contributed by atoms with Gasteiger partial charge in [-0.3, -0.25) is 4.79 Å². The van der Waals surface area contributed by atoms with Crippen molar-refractivity contribution in [3.8, 4) is 5.75 Å². The van der Waals surface area contributed by atoms with Crippen molar-refractivity contribution in [2.75, 3.05) is 6.54 Å². The summed E-state index contributed by atoms with van der Waals surface area (Å²) in [6, 6.07) is 5.42. The van der Waals surface area contributed by atoms with Gasteiger partial charge < -0.3 is 15.2 Å². The minimum atomic E-state index is -0.573. The van der Waals surface area contributed by atoms with Crippen LogP contribution in [-0.4, -0.2) is 23.7 Å². The highest BCUT2D eigenvalue weighted by Gasteiger charge is 2.15. The van der Waals surface area contributed by atoms with Crippen molar-refractivity contribution in [2.45, 2.75) is 33.0 Å². The van der Waals surface area contributed by atoms with Gasteiger partial charge in [-0.05, 0) is 44.0 Å².